The first-order chi connectivity index (χ1) is 17.9. The fourth-order valence-electron chi connectivity index (χ4n) is 6.01. The Hall–Kier alpha value is -3.77. The van der Waals surface area contributed by atoms with Gasteiger partial charge >= 0.3 is 5.97 Å². The van der Waals surface area contributed by atoms with Gasteiger partial charge in [0.2, 0.25) is 5.91 Å². The molecule has 0 fully saturated rings. The van der Waals surface area contributed by atoms with Crippen molar-refractivity contribution < 1.29 is 37.7 Å². The third-order valence-corrected chi connectivity index (χ3v) is 7.87. The summed E-state index contributed by atoms with van der Waals surface area (Å²) in [6, 6.07) is 1.23. The Kier molecular flexibility index (Phi) is 5.09. The molecule has 0 bridgehead atoms. The molecule has 0 saturated carbocycles. The zero-order valence-corrected chi connectivity index (χ0v) is 20.3. The Morgan fingerprint density at radius 1 is 1.29 bits per heavy atom. The molecule has 6 rings (SSSR count). The number of aromatic nitrogens is 2. The maximum absolute atomic E-state index is 15.4. The van der Waals surface area contributed by atoms with Crippen LogP contribution < -0.4 is 10.9 Å². The van der Waals surface area contributed by atoms with Crippen LogP contribution in [0.5, 0.6) is 0 Å². The summed E-state index contributed by atoms with van der Waals surface area (Å²) in [6.45, 7) is 1.44. The summed E-state index contributed by atoms with van der Waals surface area (Å²) in [5, 5.41) is 22.8. The SMILES string of the molecule is CC[C@@]1(O)C(=O)OCc2c1cc1n(c2=O)Cc2c-1nc1cc(F)c(C)c3c1c2C(NC(=O)CO)CC3(F)F. The summed E-state index contributed by atoms with van der Waals surface area (Å²) in [5.74, 6) is -6.17. The molecule has 198 valence electrons. The summed E-state index contributed by atoms with van der Waals surface area (Å²) in [6.07, 6.45) is -0.954. The van der Waals surface area contributed by atoms with E-state index in [1.54, 1.807) is 6.92 Å². The first-order valence-corrected chi connectivity index (χ1v) is 12.0. The lowest BCUT2D eigenvalue weighted by Crippen LogP contribution is -2.44. The van der Waals surface area contributed by atoms with Crippen molar-refractivity contribution in [1.29, 1.82) is 0 Å². The second kappa shape index (κ2) is 7.87. The molecule has 9 nitrogen and oxygen atoms in total. The molecule has 1 aromatic carbocycles. The lowest BCUT2D eigenvalue weighted by Gasteiger charge is -2.34. The predicted molar refractivity (Wildman–Crippen MR) is 126 cm³/mol. The number of fused-ring (bicyclic) bond motifs is 5. The standard InChI is InChI=1S/C26H22F3N3O6/c1-3-25(37)13-4-17-22-11(7-32(17)23(35)12(13)9-38-24(25)36)19-16(30-18(34)8-33)6-26(28,29)21-10(2)14(27)5-15(31-22)20(19)21/h4-5,16,33,37H,3,6-9H2,1-2H3,(H,30,34)/t16?,25-/m0/s1. The number of cyclic esters (lactones) is 1. The molecule has 2 aliphatic heterocycles. The lowest BCUT2D eigenvalue weighted by molar-refractivity contribution is -0.172. The number of carbonyl (C=O) groups is 2. The Morgan fingerprint density at radius 3 is 2.71 bits per heavy atom. The number of nitrogens with one attached hydrogen (secondary N) is 1. The van der Waals surface area contributed by atoms with Gasteiger partial charge in [-0.1, -0.05) is 6.92 Å². The number of rotatable bonds is 3. The molecule has 1 amide bonds. The van der Waals surface area contributed by atoms with Gasteiger partial charge in [0.05, 0.1) is 35.1 Å². The number of hydrogen-bond acceptors (Lipinski definition) is 7. The molecule has 1 unspecified atom stereocenters. The van der Waals surface area contributed by atoms with Crippen LogP contribution >= 0.6 is 0 Å². The van der Waals surface area contributed by atoms with Gasteiger partial charge in [-0.05, 0) is 30.5 Å². The van der Waals surface area contributed by atoms with E-state index in [1.165, 1.54) is 17.6 Å². The summed E-state index contributed by atoms with van der Waals surface area (Å²) < 4.78 is 52.1. The summed E-state index contributed by atoms with van der Waals surface area (Å²) in [5.41, 5.74) is -2.29. The number of esters is 1. The Morgan fingerprint density at radius 2 is 2.03 bits per heavy atom. The van der Waals surface area contributed by atoms with Crippen molar-refractivity contribution in [3.8, 4) is 11.4 Å². The molecule has 4 heterocycles. The third-order valence-electron chi connectivity index (χ3n) is 7.87. The quantitative estimate of drug-likeness (QED) is 0.347. The molecule has 12 heteroatoms. The monoisotopic (exact) mass is 529 g/mol. The maximum atomic E-state index is 15.4. The van der Waals surface area contributed by atoms with Gasteiger partial charge < -0.3 is 24.8 Å². The van der Waals surface area contributed by atoms with E-state index in [4.69, 9.17) is 4.74 Å². The number of pyridine rings is 2. The third kappa shape index (κ3) is 3.07. The topological polar surface area (TPSA) is 131 Å². The molecule has 0 saturated heterocycles. The van der Waals surface area contributed by atoms with E-state index in [-0.39, 0.29) is 64.1 Å². The second-order valence-electron chi connectivity index (χ2n) is 9.90. The van der Waals surface area contributed by atoms with Gasteiger partial charge in [-0.25, -0.2) is 22.9 Å². The molecule has 1 aliphatic carbocycles. The zero-order chi connectivity index (χ0) is 27.3. The highest BCUT2D eigenvalue weighted by Gasteiger charge is 2.48. The van der Waals surface area contributed by atoms with Gasteiger partial charge in [-0.15, -0.1) is 0 Å². The van der Waals surface area contributed by atoms with Gasteiger partial charge in [0, 0.05) is 34.6 Å². The molecule has 3 aromatic rings. The van der Waals surface area contributed by atoms with Gasteiger partial charge in [-0.2, -0.15) is 0 Å². The Balaban J connectivity index is 1.70. The van der Waals surface area contributed by atoms with E-state index < -0.39 is 59.4 Å². The zero-order valence-electron chi connectivity index (χ0n) is 20.3. The molecule has 0 spiro atoms. The first kappa shape index (κ1) is 24.6. The van der Waals surface area contributed by atoms with Crippen LogP contribution in [0.3, 0.4) is 0 Å². The van der Waals surface area contributed by atoms with Gasteiger partial charge in [-0.3, -0.25) is 9.59 Å². The molecule has 3 N–H and O–H groups in total. The Bertz CT molecular complexity index is 1670. The van der Waals surface area contributed by atoms with E-state index in [0.717, 1.165) is 6.07 Å². The number of ether oxygens (including phenoxy) is 1. The van der Waals surface area contributed by atoms with Crippen molar-refractivity contribution in [3.63, 3.8) is 0 Å². The molecule has 2 aromatic heterocycles. The maximum Gasteiger partial charge on any atom is 0.343 e. The highest BCUT2D eigenvalue weighted by Crippen LogP contribution is 2.52. The van der Waals surface area contributed by atoms with Crippen molar-refractivity contribution in [1.82, 2.24) is 14.9 Å². The van der Waals surface area contributed by atoms with Crippen LogP contribution in [0.1, 0.15) is 59.2 Å². The average Bonchev–Trinajstić information content (AvgIpc) is 3.23. The van der Waals surface area contributed by atoms with Crippen molar-refractivity contribution in [2.75, 3.05) is 6.61 Å². The van der Waals surface area contributed by atoms with E-state index in [1.807, 2.05) is 0 Å². The summed E-state index contributed by atoms with van der Waals surface area (Å²) in [7, 11) is 0. The summed E-state index contributed by atoms with van der Waals surface area (Å²) in [4.78, 5) is 42.6. The van der Waals surface area contributed by atoms with Crippen LogP contribution in [-0.2, 0) is 39.0 Å². The van der Waals surface area contributed by atoms with E-state index in [2.05, 4.69) is 10.3 Å². The highest BCUT2D eigenvalue weighted by atomic mass is 19.3. The second-order valence-corrected chi connectivity index (χ2v) is 9.90. The molecule has 38 heavy (non-hydrogen) atoms. The van der Waals surface area contributed by atoms with Gasteiger partial charge in [0.15, 0.2) is 5.60 Å². The molecule has 3 aliphatic rings. The number of hydrogen-bond donors (Lipinski definition) is 3. The largest absolute Gasteiger partial charge is 0.458 e. The molecule has 0 radical (unpaired) electrons. The minimum absolute atomic E-state index is 0.0173. The van der Waals surface area contributed by atoms with Crippen molar-refractivity contribution in [3.05, 3.63) is 61.7 Å². The minimum Gasteiger partial charge on any atom is -0.458 e. The fourth-order valence-corrected chi connectivity index (χ4v) is 6.01. The number of halogens is 3. The van der Waals surface area contributed by atoms with Crippen molar-refractivity contribution in [2.45, 2.75) is 57.4 Å². The number of aliphatic hydroxyl groups excluding tert-OH is 1. The van der Waals surface area contributed by atoms with Crippen LogP contribution in [0.4, 0.5) is 13.2 Å². The van der Waals surface area contributed by atoms with Crippen LogP contribution in [0, 0.1) is 12.7 Å². The van der Waals surface area contributed by atoms with Gasteiger partial charge in [0.25, 0.3) is 11.5 Å². The molecule has 2 atom stereocenters. The van der Waals surface area contributed by atoms with Crippen LogP contribution in [0.15, 0.2) is 16.9 Å². The number of aliphatic hydroxyl groups is 2. The Labute approximate surface area is 212 Å². The number of carbonyl (C=O) groups excluding carboxylic acids is 2. The number of amides is 1. The fraction of sp³-hybridized carbons (Fsp3) is 0.385. The van der Waals surface area contributed by atoms with E-state index in [9.17, 15) is 29.0 Å². The normalized spacial score (nSPS) is 22.5. The lowest BCUT2D eigenvalue weighted by atomic mass is 9.79. The van der Waals surface area contributed by atoms with E-state index in [0.29, 0.717) is 5.56 Å². The van der Waals surface area contributed by atoms with Gasteiger partial charge in [0.1, 0.15) is 19.0 Å². The predicted octanol–water partition coefficient (Wildman–Crippen LogP) is 2.17. The minimum atomic E-state index is -3.52. The molecular formula is C26H22F3N3O6. The first-order valence-electron chi connectivity index (χ1n) is 12.0. The number of nitrogens with zero attached hydrogens (tertiary/aromatic N) is 2. The summed E-state index contributed by atoms with van der Waals surface area (Å²) >= 11 is 0. The molecular weight excluding hydrogens is 507 g/mol. The number of benzene rings is 1. The smallest absolute Gasteiger partial charge is 0.343 e. The number of alkyl halides is 2. The van der Waals surface area contributed by atoms with Crippen LogP contribution in [-0.4, -0.2) is 38.2 Å². The van der Waals surface area contributed by atoms with Crippen LogP contribution in [0.25, 0.3) is 22.3 Å². The van der Waals surface area contributed by atoms with Crippen molar-refractivity contribution in [2.24, 2.45) is 0 Å². The van der Waals surface area contributed by atoms with Crippen LogP contribution in [0.2, 0.25) is 0 Å². The highest BCUT2D eigenvalue weighted by molar-refractivity contribution is 5.94. The van der Waals surface area contributed by atoms with Crippen molar-refractivity contribution >= 4 is 22.8 Å². The van der Waals surface area contributed by atoms with E-state index >= 15 is 8.78 Å². The average molecular weight is 529 g/mol.